The van der Waals surface area contributed by atoms with Crippen molar-refractivity contribution in [3.8, 4) is 0 Å². The van der Waals surface area contributed by atoms with Crippen LogP contribution in [0.25, 0.3) is 0 Å². The number of amides is 3. The van der Waals surface area contributed by atoms with Crippen LogP contribution in [0.15, 0.2) is 54.6 Å². The Morgan fingerprint density at radius 3 is 2.11 bits per heavy atom. The molecule has 8 nitrogen and oxygen atoms in total. The summed E-state index contributed by atoms with van der Waals surface area (Å²) in [6.45, 7) is -0.310. The van der Waals surface area contributed by atoms with Gasteiger partial charge in [-0.1, -0.05) is 30.3 Å². The van der Waals surface area contributed by atoms with Crippen LogP contribution in [0, 0.1) is 0 Å². The standard InChI is InChI=1S/C19H19N3O5/c20-17(24)15(10-12-6-8-14(9-7-12)19(26)27)22-16(23)11-21-18(25)13-4-2-1-3-5-13/h1-9,15H,10-11H2,(H2,20,24)(H,21,25)(H,22,23)(H,26,27)/t15-/m0/s1. The summed E-state index contributed by atoms with van der Waals surface area (Å²) in [5.41, 5.74) is 6.48. The number of nitrogens with two attached hydrogens (primary N) is 1. The van der Waals surface area contributed by atoms with Crippen LogP contribution >= 0.6 is 0 Å². The Balaban J connectivity index is 1.91. The second-order valence-electron chi connectivity index (χ2n) is 5.78. The lowest BCUT2D eigenvalue weighted by Gasteiger charge is -2.16. The molecule has 0 unspecified atom stereocenters. The zero-order valence-corrected chi connectivity index (χ0v) is 14.3. The van der Waals surface area contributed by atoms with Gasteiger partial charge in [-0.3, -0.25) is 14.4 Å². The number of hydrogen-bond donors (Lipinski definition) is 4. The highest BCUT2D eigenvalue weighted by atomic mass is 16.4. The van der Waals surface area contributed by atoms with Crippen molar-refractivity contribution in [3.05, 3.63) is 71.3 Å². The van der Waals surface area contributed by atoms with Gasteiger partial charge in [-0.05, 0) is 29.8 Å². The van der Waals surface area contributed by atoms with Crippen molar-refractivity contribution in [2.75, 3.05) is 6.54 Å². The van der Waals surface area contributed by atoms with E-state index in [-0.39, 0.29) is 18.5 Å². The first-order chi connectivity index (χ1) is 12.9. The molecule has 8 heteroatoms. The van der Waals surface area contributed by atoms with Crippen LogP contribution in [0.4, 0.5) is 0 Å². The maximum absolute atomic E-state index is 12.0. The van der Waals surface area contributed by atoms with E-state index in [9.17, 15) is 19.2 Å². The van der Waals surface area contributed by atoms with Crippen molar-refractivity contribution >= 4 is 23.7 Å². The number of aromatic carboxylic acids is 1. The lowest BCUT2D eigenvalue weighted by atomic mass is 10.0. The van der Waals surface area contributed by atoms with Gasteiger partial charge in [0, 0.05) is 12.0 Å². The smallest absolute Gasteiger partial charge is 0.335 e. The van der Waals surface area contributed by atoms with Gasteiger partial charge in [-0.25, -0.2) is 4.79 Å². The highest BCUT2D eigenvalue weighted by Gasteiger charge is 2.19. The fraction of sp³-hybridized carbons (Fsp3) is 0.158. The summed E-state index contributed by atoms with van der Waals surface area (Å²) in [5, 5.41) is 13.8. The Morgan fingerprint density at radius 2 is 1.56 bits per heavy atom. The molecule has 2 aromatic carbocycles. The highest BCUT2D eigenvalue weighted by molar-refractivity contribution is 5.97. The van der Waals surface area contributed by atoms with Gasteiger partial charge in [-0.15, -0.1) is 0 Å². The molecule has 5 N–H and O–H groups in total. The molecule has 0 saturated carbocycles. The van der Waals surface area contributed by atoms with Gasteiger partial charge >= 0.3 is 5.97 Å². The van der Waals surface area contributed by atoms with E-state index in [4.69, 9.17) is 10.8 Å². The molecule has 0 fully saturated rings. The van der Waals surface area contributed by atoms with E-state index in [1.165, 1.54) is 12.1 Å². The molecule has 0 aliphatic heterocycles. The number of primary amides is 1. The van der Waals surface area contributed by atoms with E-state index in [1.807, 2.05) is 0 Å². The molecule has 140 valence electrons. The molecule has 0 spiro atoms. The molecule has 3 amide bonds. The van der Waals surface area contributed by atoms with Gasteiger partial charge in [0.05, 0.1) is 12.1 Å². The SMILES string of the molecule is NC(=O)[C@H](Cc1ccc(C(=O)O)cc1)NC(=O)CNC(=O)c1ccccc1. The summed E-state index contributed by atoms with van der Waals surface area (Å²) < 4.78 is 0. The Hall–Kier alpha value is -3.68. The molecule has 27 heavy (non-hydrogen) atoms. The van der Waals surface area contributed by atoms with Crippen LogP contribution in [0.5, 0.6) is 0 Å². The quantitative estimate of drug-likeness (QED) is 0.531. The summed E-state index contributed by atoms with van der Waals surface area (Å²) in [5.74, 6) is -2.77. The van der Waals surface area contributed by atoms with Crippen LogP contribution < -0.4 is 16.4 Å². The van der Waals surface area contributed by atoms with Crippen molar-refractivity contribution in [2.24, 2.45) is 5.73 Å². The number of rotatable bonds is 8. The fourth-order valence-corrected chi connectivity index (χ4v) is 2.34. The zero-order valence-electron chi connectivity index (χ0n) is 14.3. The molecule has 0 aromatic heterocycles. The Morgan fingerprint density at radius 1 is 0.926 bits per heavy atom. The maximum Gasteiger partial charge on any atom is 0.335 e. The number of nitrogens with one attached hydrogen (secondary N) is 2. The summed E-state index contributed by atoms with van der Waals surface area (Å²) >= 11 is 0. The monoisotopic (exact) mass is 369 g/mol. The number of hydrogen-bond acceptors (Lipinski definition) is 4. The van der Waals surface area contributed by atoms with E-state index in [1.54, 1.807) is 42.5 Å². The van der Waals surface area contributed by atoms with Crippen molar-refractivity contribution in [3.63, 3.8) is 0 Å². The fourth-order valence-electron chi connectivity index (χ4n) is 2.34. The van der Waals surface area contributed by atoms with Gasteiger partial charge in [0.1, 0.15) is 6.04 Å². The van der Waals surface area contributed by atoms with Crippen LogP contribution in [0.1, 0.15) is 26.3 Å². The summed E-state index contributed by atoms with van der Waals surface area (Å²) in [6, 6.07) is 13.3. The van der Waals surface area contributed by atoms with Gasteiger partial charge in [0.25, 0.3) is 5.91 Å². The first kappa shape index (κ1) is 19.6. The van der Waals surface area contributed by atoms with E-state index in [0.29, 0.717) is 11.1 Å². The molecule has 1 atom stereocenters. The molecule has 0 aliphatic rings. The zero-order chi connectivity index (χ0) is 19.8. The minimum atomic E-state index is -1.06. The minimum Gasteiger partial charge on any atom is -0.478 e. The van der Waals surface area contributed by atoms with Crippen molar-refractivity contribution < 1.29 is 24.3 Å². The molecule has 0 radical (unpaired) electrons. The lowest BCUT2D eigenvalue weighted by molar-refractivity contribution is -0.126. The summed E-state index contributed by atoms with van der Waals surface area (Å²) in [4.78, 5) is 46.4. The number of benzene rings is 2. The Kier molecular flexibility index (Phi) is 6.65. The number of carbonyl (C=O) groups excluding carboxylic acids is 3. The highest BCUT2D eigenvalue weighted by Crippen LogP contribution is 2.07. The summed E-state index contributed by atoms with van der Waals surface area (Å²) in [6.07, 6.45) is 0.105. The van der Waals surface area contributed by atoms with Gasteiger partial charge < -0.3 is 21.5 Å². The third-order valence-electron chi connectivity index (χ3n) is 3.76. The average molecular weight is 369 g/mol. The van der Waals surface area contributed by atoms with Gasteiger partial charge in [0.2, 0.25) is 11.8 Å². The third kappa shape index (κ3) is 5.96. The third-order valence-corrected chi connectivity index (χ3v) is 3.76. The van der Waals surface area contributed by atoms with Gasteiger partial charge in [0.15, 0.2) is 0 Å². The molecular formula is C19H19N3O5. The first-order valence-electron chi connectivity index (χ1n) is 8.11. The molecule has 0 bridgehead atoms. The van der Waals surface area contributed by atoms with Crippen LogP contribution in [-0.4, -0.2) is 41.4 Å². The molecule has 0 aliphatic carbocycles. The van der Waals surface area contributed by atoms with Crippen molar-refractivity contribution in [1.82, 2.24) is 10.6 Å². The topological polar surface area (TPSA) is 139 Å². The normalized spacial score (nSPS) is 11.3. The predicted molar refractivity (Wildman–Crippen MR) is 97.0 cm³/mol. The molecule has 2 rings (SSSR count). The molecule has 2 aromatic rings. The molecule has 0 saturated heterocycles. The van der Waals surface area contributed by atoms with E-state index in [0.717, 1.165) is 0 Å². The summed E-state index contributed by atoms with van der Waals surface area (Å²) in [7, 11) is 0. The second-order valence-corrected chi connectivity index (χ2v) is 5.78. The Bertz CT molecular complexity index is 834. The van der Waals surface area contributed by atoms with E-state index in [2.05, 4.69) is 10.6 Å². The van der Waals surface area contributed by atoms with Crippen molar-refractivity contribution in [1.29, 1.82) is 0 Å². The predicted octanol–water partition coefficient (Wildman–Crippen LogP) is 0.327. The first-order valence-corrected chi connectivity index (χ1v) is 8.11. The molecular weight excluding hydrogens is 350 g/mol. The lowest BCUT2D eigenvalue weighted by Crippen LogP contribution is -2.49. The van der Waals surface area contributed by atoms with Crippen LogP contribution in [-0.2, 0) is 16.0 Å². The maximum atomic E-state index is 12.0. The van der Waals surface area contributed by atoms with Crippen LogP contribution in [0.2, 0.25) is 0 Å². The minimum absolute atomic E-state index is 0.105. The van der Waals surface area contributed by atoms with E-state index < -0.39 is 29.7 Å². The van der Waals surface area contributed by atoms with Crippen molar-refractivity contribution in [2.45, 2.75) is 12.5 Å². The van der Waals surface area contributed by atoms with E-state index >= 15 is 0 Å². The number of carboxylic acid groups (broad SMARTS) is 1. The number of carbonyl (C=O) groups is 4. The molecule has 0 heterocycles. The van der Waals surface area contributed by atoms with Gasteiger partial charge in [-0.2, -0.15) is 0 Å². The van der Waals surface area contributed by atoms with Crippen LogP contribution in [0.3, 0.4) is 0 Å². The Labute approximate surface area is 155 Å². The average Bonchev–Trinajstić information content (AvgIpc) is 2.66. The second kappa shape index (κ2) is 9.14. The number of carboxylic acids is 1. The largest absolute Gasteiger partial charge is 0.478 e.